The van der Waals surface area contributed by atoms with Crippen molar-refractivity contribution in [2.45, 2.75) is 13.2 Å². The molecule has 0 saturated carbocycles. The van der Waals surface area contributed by atoms with Crippen LogP contribution in [0.15, 0.2) is 77.5 Å². The van der Waals surface area contributed by atoms with Crippen LogP contribution in [0, 0.1) is 0 Å². The number of benzene rings is 2. The maximum Gasteiger partial charge on any atom is 0.253 e. The van der Waals surface area contributed by atoms with E-state index >= 15 is 0 Å². The van der Waals surface area contributed by atoms with Crippen LogP contribution in [0.1, 0.15) is 21.5 Å². The normalized spacial score (nSPS) is 10.3. The molecule has 0 aliphatic carbocycles. The molecular weight excluding hydrogens is 380 g/mol. The fourth-order valence-electron chi connectivity index (χ4n) is 2.26. The van der Waals surface area contributed by atoms with Crippen LogP contribution in [0.5, 0.6) is 5.75 Å². The summed E-state index contributed by atoms with van der Waals surface area (Å²) < 4.78 is 6.53. The van der Waals surface area contributed by atoms with Gasteiger partial charge in [-0.2, -0.15) is 0 Å². The van der Waals surface area contributed by atoms with Crippen molar-refractivity contribution in [2.24, 2.45) is 0 Å². The minimum atomic E-state index is -0.154. The first-order valence-electron chi connectivity index (χ1n) is 7.85. The maximum absolute atomic E-state index is 12.1. The molecule has 0 radical (unpaired) electrons. The fraction of sp³-hybridized carbons (Fsp3) is 0.100. The summed E-state index contributed by atoms with van der Waals surface area (Å²) >= 11 is 3.31. The molecular formula is C20H17BrN2O2. The molecule has 2 aromatic carbocycles. The summed E-state index contributed by atoms with van der Waals surface area (Å²) in [7, 11) is 0. The van der Waals surface area contributed by atoms with Crippen molar-refractivity contribution in [1.82, 2.24) is 10.3 Å². The third-order valence-electron chi connectivity index (χ3n) is 3.59. The van der Waals surface area contributed by atoms with Gasteiger partial charge in [0, 0.05) is 23.4 Å². The Kier molecular flexibility index (Phi) is 5.80. The summed E-state index contributed by atoms with van der Waals surface area (Å²) in [6.45, 7) is 0.983. The highest BCUT2D eigenvalue weighted by molar-refractivity contribution is 9.10. The molecule has 1 aromatic heterocycles. The topological polar surface area (TPSA) is 51.2 Å². The van der Waals surface area contributed by atoms with Gasteiger partial charge in [0.05, 0.1) is 5.56 Å². The number of carbonyl (C=O) groups is 1. The number of rotatable bonds is 6. The standard InChI is InChI=1S/C20H17BrN2O2/c21-18-10-17(12-22-13-18)20(24)23-11-15-6-8-19(9-7-15)25-14-16-4-2-1-3-5-16/h1-10,12-13H,11,14H2,(H,23,24). The first-order valence-corrected chi connectivity index (χ1v) is 8.64. The third kappa shape index (κ3) is 5.16. The highest BCUT2D eigenvalue weighted by Gasteiger charge is 2.06. The molecule has 0 atom stereocenters. The zero-order valence-electron chi connectivity index (χ0n) is 13.5. The molecule has 0 aliphatic heterocycles. The Balaban J connectivity index is 1.51. The van der Waals surface area contributed by atoms with Gasteiger partial charge in [0.15, 0.2) is 0 Å². The SMILES string of the molecule is O=C(NCc1ccc(OCc2ccccc2)cc1)c1cncc(Br)c1. The van der Waals surface area contributed by atoms with Crippen molar-refractivity contribution in [3.63, 3.8) is 0 Å². The summed E-state index contributed by atoms with van der Waals surface area (Å²) in [6.07, 6.45) is 3.19. The Morgan fingerprint density at radius 3 is 2.48 bits per heavy atom. The van der Waals surface area contributed by atoms with E-state index in [0.29, 0.717) is 18.7 Å². The van der Waals surface area contributed by atoms with Crippen molar-refractivity contribution in [3.8, 4) is 5.75 Å². The Labute approximate surface area is 155 Å². The van der Waals surface area contributed by atoms with E-state index in [1.807, 2.05) is 54.6 Å². The van der Waals surface area contributed by atoms with Crippen molar-refractivity contribution in [3.05, 3.63) is 94.2 Å². The number of hydrogen-bond donors (Lipinski definition) is 1. The molecule has 3 aromatic rings. The molecule has 0 saturated heterocycles. The average molecular weight is 397 g/mol. The smallest absolute Gasteiger partial charge is 0.253 e. The second-order valence-corrected chi connectivity index (χ2v) is 6.41. The number of amides is 1. The van der Waals surface area contributed by atoms with E-state index in [-0.39, 0.29) is 5.91 Å². The van der Waals surface area contributed by atoms with Crippen LogP contribution in [0.25, 0.3) is 0 Å². The number of nitrogens with zero attached hydrogens (tertiary/aromatic N) is 1. The van der Waals surface area contributed by atoms with Gasteiger partial charge >= 0.3 is 0 Å². The van der Waals surface area contributed by atoms with Crippen LogP contribution in [0.3, 0.4) is 0 Å². The van der Waals surface area contributed by atoms with Gasteiger partial charge in [0.25, 0.3) is 5.91 Å². The number of nitrogens with one attached hydrogen (secondary N) is 1. The monoisotopic (exact) mass is 396 g/mol. The van der Waals surface area contributed by atoms with Crippen LogP contribution < -0.4 is 10.1 Å². The summed E-state index contributed by atoms with van der Waals surface area (Å²) in [5.41, 5.74) is 2.65. The fourth-order valence-corrected chi connectivity index (χ4v) is 2.63. The lowest BCUT2D eigenvalue weighted by molar-refractivity contribution is 0.0950. The average Bonchev–Trinajstić information content (AvgIpc) is 2.66. The lowest BCUT2D eigenvalue weighted by Crippen LogP contribution is -2.22. The summed E-state index contributed by atoms with van der Waals surface area (Å²) in [6, 6.07) is 19.5. The molecule has 4 nitrogen and oxygen atoms in total. The first-order chi connectivity index (χ1) is 12.2. The van der Waals surface area contributed by atoms with Gasteiger partial charge in [-0.15, -0.1) is 0 Å². The second kappa shape index (κ2) is 8.44. The molecule has 0 spiro atoms. The van der Waals surface area contributed by atoms with Gasteiger partial charge in [0.2, 0.25) is 0 Å². The van der Waals surface area contributed by atoms with E-state index < -0.39 is 0 Å². The van der Waals surface area contributed by atoms with Crippen LogP contribution in [-0.2, 0) is 13.2 Å². The summed E-state index contributed by atoms with van der Waals surface area (Å²) in [5.74, 6) is 0.647. The number of ether oxygens (including phenoxy) is 1. The molecule has 0 aliphatic rings. The van der Waals surface area contributed by atoms with E-state index in [1.54, 1.807) is 18.5 Å². The summed E-state index contributed by atoms with van der Waals surface area (Å²) in [4.78, 5) is 16.1. The zero-order chi connectivity index (χ0) is 17.5. The molecule has 1 N–H and O–H groups in total. The number of carbonyl (C=O) groups excluding carboxylic acids is 1. The van der Waals surface area contributed by atoms with Gasteiger partial charge in [-0.05, 0) is 45.3 Å². The van der Waals surface area contributed by atoms with Gasteiger partial charge < -0.3 is 10.1 Å². The van der Waals surface area contributed by atoms with E-state index in [2.05, 4.69) is 26.2 Å². The van der Waals surface area contributed by atoms with E-state index in [1.165, 1.54) is 0 Å². The van der Waals surface area contributed by atoms with Crippen LogP contribution >= 0.6 is 15.9 Å². The number of halogens is 1. The molecule has 0 bridgehead atoms. The van der Waals surface area contributed by atoms with Crippen molar-refractivity contribution >= 4 is 21.8 Å². The Bertz CT molecular complexity index is 836. The number of hydrogen-bond acceptors (Lipinski definition) is 3. The quantitative estimate of drug-likeness (QED) is 0.673. The minimum Gasteiger partial charge on any atom is -0.489 e. The van der Waals surface area contributed by atoms with Crippen molar-refractivity contribution in [2.75, 3.05) is 0 Å². The first kappa shape index (κ1) is 17.2. The van der Waals surface area contributed by atoms with Crippen molar-refractivity contribution < 1.29 is 9.53 Å². The lowest BCUT2D eigenvalue weighted by atomic mass is 10.2. The summed E-state index contributed by atoms with van der Waals surface area (Å²) in [5, 5.41) is 2.88. The van der Waals surface area contributed by atoms with Crippen molar-refractivity contribution in [1.29, 1.82) is 0 Å². The van der Waals surface area contributed by atoms with E-state index in [9.17, 15) is 4.79 Å². The van der Waals surface area contributed by atoms with Gasteiger partial charge in [-0.3, -0.25) is 9.78 Å². The van der Waals surface area contributed by atoms with E-state index in [4.69, 9.17) is 4.74 Å². The highest BCUT2D eigenvalue weighted by Crippen LogP contribution is 2.15. The number of aromatic nitrogens is 1. The van der Waals surface area contributed by atoms with Crippen LogP contribution in [0.2, 0.25) is 0 Å². The predicted octanol–water partition coefficient (Wildman–Crippen LogP) is 4.35. The number of pyridine rings is 1. The lowest BCUT2D eigenvalue weighted by Gasteiger charge is -2.08. The Morgan fingerprint density at radius 2 is 1.76 bits per heavy atom. The van der Waals surface area contributed by atoms with Gasteiger partial charge in [-0.25, -0.2) is 0 Å². The highest BCUT2D eigenvalue weighted by atomic mass is 79.9. The van der Waals surface area contributed by atoms with Crippen LogP contribution in [0.4, 0.5) is 0 Å². The second-order valence-electron chi connectivity index (χ2n) is 5.49. The Morgan fingerprint density at radius 1 is 1.00 bits per heavy atom. The van der Waals surface area contributed by atoms with Crippen LogP contribution in [-0.4, -0.2) is 10.9 Å². The van der Waals surface area contributed by atoms with Gasteiger partial charge in [-0.1, -0.05) is 42.5 Å². The molecule has 5 heteroatoms. The molecule has 1 heterocycles. The molecule has 25 heavy (non-hydrogen) atoms. The van der Waals surface area contributed by atoms with E-state index in [0.717, 1.165) is 21.3 Å². The minimum absolute atomic E-state index is 0.154. The molecule has 0 unspecified atom stereocenters. The molecule has 1 amide bonds. The van der Waals surface area contributed by atoms with Gasteiger partial charge in [0.1, 0.15) is 12.4 Å². The largest absolute Gasteiger partial charge is 0.489 e. The molecule has 3 rings (SSSR count). The third-order valence-corrected chi connectivity index (χ3v) is 4.03. The zero-order valence-corrected chi connectivity index (χ0v) is 15.1. The Hall–Kier alpha value is -2.66. The molecule has 126 valence electrons. The predicted molar refractivity (Wildman–Crippen MR) is 100 cm³/mol. The molecule has 0 fully saturated rings. The maximum atomic E-state index is 12.1.